The van der Waals surface area contributed by atoms with Gasteiger partial charge in [-0.15, -0.1) is 0 Å². The minimum absolute atomic E-state index is 0.334. The average molecular weight is 224 g/mol. The molecule has 0 saturated carbocycles. The van der Waals surface area contributed by atoms with Crippen molar-refractivity contribution in [3.05, 3.63) is 46.2 Å². The van der Waals surface area contributed by atoms with E-state index in [4.69, 9.17) is 0 Å². The van der Waals surface area contributed by atoms with Gasteiger partial charge in [0.15, 0.2) is 17.3 Å². The first-order valence-electron chi connectivity index (χ1n) is 5.32. The highest BCUT2D eigenvalue weighted by Gasteiger charge is 2.18. The molecule has 0 aliphatic heterocycles. The van der Waals surface area contributed by atoms with E-state index in [-0.39, 0.29) is 5.76 Å². The number of halogens is 1. The smallest absolute Gasteiger partial charge is 0.194 e. The van der Waals surface area contributed by atoms with Crippen LogP contribution in [0.3, 0.4) is 0 Å². The molecule has 0 atom stereocenters. The number of rotatable bonds is 2. The molecule has 0 aromatic carbocycles. The Kier molecular flexibility index (Phi) is 3.93. The summed E-state index contributed by atoms with van der Waals surface area (Å²) in [6, 6.07) is 0. The summed E-state index contributed by atoms with van der Waals surface area (Å²) in [6.07, 6.45) is 4.62. The van der Waals surface area contributed by atoms with Gasteiger partial charge in [0.1, 0.15) is 0 Å². The molecular formula is C13H17FO2. The van der Waals surface area contributed by atoms with Crippen LogP contribution in [0.25, 0.3) is 0 Å². The fraction of sp³-hybridized carbons (Fsp3) is 0.385. The zero-order chi connectivity index (χ0) is 12.3. The van der Waals surface area contributed by atoms with Gasteiger partial charge in [-0.05, 0) is 32.3 Å². The van der Waals surface area contributed by atoms with Gasteiger partial charge in [-0.25, -0.2) is 4.39 Å². The molecule has 16 heavy (non-hydrogen) atoms. The second-order valence-corrected chi connectivity index (χ2v) is 4.00. The van der Waals surface area contributed by atoms with Gasteiger partial charge in [0.2, 0.25) is 0 Å². The van der Waals surface area contributed by atoms with Crippen LogP contribution in [-0.4, -0.2) is 10.2 Å². The summed E-state index contributed by atoms with van der Waals surface area (Å²) in [5.41, 5.74) is 1.92. The predicted molar refractivity (Wildman–Crippen MR) is 62.8 cm³/mol. The summed E-state index contributed by atoms with van der Waals surface area (Å²) in [7, 11) is 0. The van der Waals surface area contributed by atoms with Crippen molar-refractivity contribution < 1.29 is 14.6 Å². The molecule has 0 amide bonds. The zero-order valence-corrected chi connectivity index (χ0v) is 9.84. The first-order valence-corrected chi connectivity index (χ1v) is 5.32. The number of hydrogen-bond acceptors (Lipinski definition) is 2. The van der Waals surface area contributed by atoms with E-state index in [0.29, 0.717) is 17.6 Å². The van der Waals surface area contributed by atoms with Crippen molar-refractivity contribution in [3.63, 3.8) is 0 Å². The average Bonchev–Trinajstić information content (AvgIpc) is 2.36. The minimum atomic E-state index is -0.762. The quantitative estimate of drug-likeness (QED) is 0.736. The maximum atomic E-state index is 13.7. The lowest BCUT2D eigenvalue weighted by molar-refractivity contribution is 0.308. The molecule has 1 aliphatic rings. The van der Waals surface area contributed by atoms with Crippen LogP contribution in [0.1, 0.15) is 33.6 Å². The van der Waals surface area contributed by atoms with Crippen LogP contribution < -0.4 is 0 Å². The van der Waals surface area contributed by atoms with Crippen LogP contribution in [0.2, 0.25) is 0 Å². The van der Waals surface area contributed by atoms with Gasteiger partial charge in [-0.3, -0.25) is 0 Å². The lowest BCUT2D eigenvalue weighted by Gasteiger charge is -2.03. The Hall–Kier alpha value is -1.51. The first-order chi connectivity index (χ1) is 7.47. The Balaban J connectivity index is 3.18. The van der Waals surface area contributed by atoms with Crippen molar-refractivity contribution in [3.8, 4) is 0 Å². The Morgan fingerprint density at radius 2 is 2.06 bits per heavy atom. The lowest BCUT2D eigenvalue weighted by Crippen LogP contribution is -1.93. The Morgan fingerprint density at radius 3 is 2.62 bits per heavy atom. The number of allylic oxidation sites excluding steroid dienone is 6. The Bertz CT molecular complexity index is 412. The van der Waals surface area contributed by atoms with Crippen LogP contribution in [0.4, 0.5) is 4.39 Å². The summed E-state index contributed by atoms with van der Waals surface area (Å²) < 4.78 is 13.7. The third-order valence-electron chi connectivity index (χ3n) is 2.68. The topological polar surface area (TPSA) is 40.5 Å². The van der Waals surface area contributed by atoms with Gasteiger partial charge >= 0.3 is 0 Å². The van der Waals surface area contributed by atoms with E-state index in [0.717, 1.165) is 12.0 Å². The van der Waals surface area contributed by atoms with E-state index in [1.807, 2.05) is 13.8 Å². The van der Waals surface area contributed by atoms with Gasteiger partial charge in [-0.1, -0.05) is 24.6 Å². The molecular weight excluding hydrogens is 207 g/mol. The molecule has 2 nitrogen and oxygen atoms in total. The largest absolute Gasteiger partial charge is 0.504 e. The molecule has 0 heterocycles. The predicted octanol–water partition coefficient (Wildman–Crippen LogP) is 4.24. The molecule has 0 bridgehead atoms. The number of hydrogen-bond donors (Lipinski definition) is 2. The van der Waals surface area contributed by atoms with E-state index in [9.17, 15) is 14.6 Å². The summed E-state index contributed by atoms with van der Waals surface area (Å²) in [4.78, 5) is 0. The lowest BCUT2D eigenvalue weighted by atomic mass is 10.1. The van der Waals surface area contributed by atoms with E-state index in [1.165, 1.54) is 0 Å². The second-order valence-electron chi connectivity index (χ2n) is 4.00. The Labute approximate surface area is 95.1 Å². The zero-order valence-electron chi connectivity index (χ0n) is 9.84. The van der Waals surface area contributed by atoms with E-state index in [1.54, 1.807) is 19.1 Å². The van der Waals surface area contributed by atoms with Gasteiger partial charge in [0, 0.05) is 5.57 Å². The van der Waals surface area contributed by atoms with Crippen molar-refractivity contribution in [1.29, 1.82) is 0 Å². The van der Waals surface area contributed by atoms with E-state index >= 15 is 0 Å². The molecule has 0 fully saturated rings. The van der Waals surface area contributed by atoms with Gasteiger partial charge in [0.05, 0.1) is 0 Å². The molecule has 1 rings (SSSR count). The van der Waals surface area contributed by atoms with Crippen LogP contribution in [-0.2, 0) is 0 Å². The summed E-state index contributed by atoms with van der Waals surface area (Å²) >= 11 is 0. The third-order valence-corrected chi connectivity index (χ3v) is 2.68. The maximum Gasteiger partial charge on any atom is 0.194 e. The SMILES string of the molecule is CC/C(C)=C\C1=CCC(C)=C(O)C(O)=C1F. The maximum absolute atomic E-state index is 13.7. The molecule has 0 unspecified atom stereocenters. The standard InChI is InChI=1S/C13H17FO2/c1-4-8(2)7-10-6-5-9(3)12(15)13(16)11(10)14/h6-7,15-16H,4-5H2,1-3H3/b8-7-. The molecule has 3 heteroatoms. The van der Waals surface area contributed by atoms with Crippen LogP contribution >= 0.6 is 0 Å². The molecule has 0 saturated heterocycles. The highest BCUT2D eigenvalue weighted by Crippen LogP contribution is 2.28. The molecule has 0 aromatic rings. The van der Waals surface area contributed by atoms with Crippen molar-refractivity contribution >= 4 is 0 Å². The normalized spacial score (nSPS) is 18.8. The number of aliphatic hydroxyl groups is 2. The molecule has 88 valence electrons. The Morgan fingerprint density at radius 1 is 1.44 bits per heavy atom. The van der Waals surface area contributed by atoms with Gasteiger partial charge < -0.3 is 10.2 Å². The van der Waals surface area contributed by atoms with Crippen LogP contribution in [0.15, 0.2) is 46.2 Å². The molecule has 0 aromatic heterocycles. The first kappa shape index (κ1) is 12.6. The highest BCUT2D eigenvalue weighted by atomic mass is 19.1. The van der Waals surface area contributed by atoms with Crippen LogP contribution in [0.5, 0.6) is 0 Å². The van der Waals surface area contributed by atoms with Crippen molar-refractivity contribution in [1.82, 2.24) is 0 Å². The fourth-order valence-electron chi connectivity index (χ4n) is 1.38. The van der Waals surface area contributed by atoms with Crippen LogP contribution in [0, 0.1) is 0 Å². The second kappa shape index (κ2) is 5.01. The highest BCUT2D eigenvalue weighted by molar-refractivity contribution is 5.46. The van der Waals surface area contributed by atoms with Crippen molar-refractivity contribution in [2.24, 2.45) is 0 Å². The van der Waals surface area contributed by atoms with E-state index < -0.39 is 11.6 Å². The minimum Gasteiger partial charge on any atom is -0.504 e. The molecule has 0 radical (unpaired) electrons. The van der Waals surface area contributed by atoms with Crippen molar-refractivity contribution in [2.45, 2.75) is 33.6 Å². The molecule has 2 N–H and O–H groups in total. The van der Waals surface area contributed by atoms with Gasteiger partial charge in [-0.2, -0.15) is 0 Å². The third kappa shape index (κ3) is 2.54. The monoisotopic (exact) mass is 224 g/mol. The van der Waals surface area contributed by atoms with E-state index in [2.05, 4.69) is 0 Å². The van der Waals surface area contributed by atoms with Gasteiger partial charge in [0.25, 0.3) is 0 Å². The fourth-order valence-corrected chi connectivity index (χ4v) is 1.38. The van der Waals surface area contributed by atoms with Crippen molar-refractivity contribution in [2.75, 3.05) is 0 Å². The molecule has 0 spiro atoms. The summed E-state index contributed by atoms with van der Waals surface area (Å²) in [5, 5.41) is 19.0. The number of aliphatic hydroxyl groups excluding tert-OH is 2. The summed E-state index contributed by atoms with van der Waals surface area (Å²) in [6.45, 7) is 5.54. The summed E-state index contributed by atoms with van der Waals surface area (Å²) in [5.74, 6) is -1.78. The molecule has 1 aliphatic carbocycles.